The molecular formula is C26H28N2O7. The van der Waals surface area contributed by atoms with Gasteiger partial charge in [-0.2, -0.15) is 0 Å². The summed E-state index contributed by atoms with van der Waals surface area (Å²) in [4.78, 5) is 24.4. The second kappa shape index (κ2) is 12.2. The fraction of sp³-hybridized carbons (Fsp3) is 0.231. The van der Waals surface area contributed by atoms with Gasteiger partial charge in [-0.3, -0.25) is 4.79 Å². The van der Waals surface area contributed by atoms with Crippen molar-refractivity contribution in [3.05, 3.63) is 77.9 Å². The monoisotopic (exact) mass is 480 g/mol. The van der Waals surface area contributed by atoms with Crippen LogP contribution in [0, 0.1) is 0 Å². The summed E-state index contributed by atoms with van der Waals surface area (Å²) in [5.41, 5.74) is 2.06. The van der Waals surface area contributed by atoms with Crippen LogP contribution >= 0.6 is 0 Å². The molecule has 0 radical (unpaired) electrons. The molecule has 2 amide bonds. The first-order chi connectivity index (χ1) is 16.9. The van der Waals surface area contributed by atoms with Gasteiger partial charge in [0.2, 0.25) is 5.91 Å². The molecule has 3 aromatic carbocycles. The second-order valence-corrected chi connectivity index (χ2v) is 7.52. The largest absolute Gasteiger partial charge is 0.496 e. The fourth-order valence-corrected chi connectivity index (χ4v) is 3.40. The van der Waals surface area contributed by atoms with Crippen LogP contribution in [0.3, 0.4) is 0 Å². The van der Waals surface area contributed by atoms with Gasteiger partial charge in [-0.25, -0.2) is 4.79 Å². The smallest absolute Gasteiger partial charge is 0.405 e. The van der Waals surface area contributed by atoms with Crippen molar-refractivity contribution in [1.82, 2.24) is 5.32 Å². The molecule has 0 aliphatic carbocycles. The van der Waals surface area contributed by atoms with Gasteiger partial charge in [-0.15, -0.1) is 0 Å². The molecule has 0 heterocycles. The summed E-state index contributed by atoms with van der Waals surface area (Å²) in [6, 6.07) is 19.0. The van der Waals surface area contributed by atoms with Crippen LogP contribution in [0.2, 0.25) is 0 Å². The fourth-order valence-electron chi connectivity index (χ4n) is 3.40. The molecule has 1 atom stereocenters. The normalized spacial score (nSPS) is 11.2. The molecule has 0 saturated heterocycles. The second-order valence-electron chi connectivity index (χ2n) is 7.52. The van der Waals surface area contributed by atoms with E-state index in [1.807, 2.05) is 30.3 Å². The summed E-state index contributed by atoms with van der Waals surface area (Å²) in [6.45, 7) is 0.428. The molecular weight excluding hydrogens is 452 g/mol. The lowest BCUT2D eigenvalue weighted by Gasteiger charge is -2.20. The average molecular weight is 481 g/mol. The van der Waals surface area contributed by atoms with Crippen molar-refractivity contribution in [1.29, 1.82) is 0 Å². The van der Waals surface area contributed by atoms with Crippen LogP contribution in [0.1, 0.15) is 11.1 Å². The zero-order chi connectivity index (χ0) is 25.2. The summed E-state index contributed by atoms with van der Waals surface area (Å²) in [5, 5.41) is 14.3. The van der Waals surface area contributed by atoms with E-state index in [0.717, 1.165) is 11.1 Å². The highest BCUT2D eigenvalue weighted by Gasteiger charge is 2.24. The number of anilines is 1. The van der Waals surface area contributed by atoms with Crippen LogP contribution in [0.25, 0.3) is 0 Å². The highest BCUT2D eigenvalue weighted by Crippen LogP contribution is 2.39. The number of benzene rings is 3. The molecule has 0 fully saturated rings. The van der Waals surface area contributed by atoms with Crippen LogP contribution in [0.4, 0.5) is 10.5 Å². The van der Waals surface area contributed by atoms with Crippen LogP contribution in [0.5, 0.6) is 23.0 Å². The van der Waals surface area contributed by atoms with Crippen LogP contribution < -0.4 is 29.6 Å². The first kappa shape index (κ1) is 25.2. The van der Waals surface area contributed by atoms with Crippen molar-refractivity contribution >= 4 is 17.7 Å². The van der Waals surface area contributed by atoms with Gasteiger partial charge in [0.25, 0.3) is 0 Å². The minimum atomic E-state index is -1.32. The van der Waals surface area contributed by atoms with Crippen molar-refractivity contribution in [2.45, 2.75) is 19.1 Å². The maximum absolute atomic E-state index is 13.1. The van der Waals surface area contributed by atoms with Crippen LogP contribution in [-0.2, 0) is 17.8 Å². The Bertz CT molecular complexity index is 1110. The number of carboxylic acid groups (broad SMARTS) is 1. The van der Waals surface area contributed by atoms with Crippen molar-refractivity contribution in [2.75, 3.05) is 26.6 Å². The topological polar surface area (TPSA) is 115 Å². The summed E-state index contributed by atoms with van der Waals surface area (Å²) in [5.74, 6) is 1.19. The quantitative estimate of drug-likeness (QED) is 0.378. The average Bonchev–Trinajstić information content (AvgIpc) is 2.88. The van der Waals surface area contributed by atoms with E-state index in [1.165, 1.54) is 21.3 Å². The minimum Gasteiger partial charge on any atom is -0.496 e. The summed E-state index contributed by atoms with van der Waals surface area (Å²) in [6.07, 6.45) is -1.20. The van der Waals surface area contributed by atoms with E-state index in [0.29, 0.717) is 29.6 Å². The number of nitrogens with one attached hydrogen (secondary N) is 2. The Hall–Kier alpha value is -4.40. The molecule has 9 nitrogen and oxygen atoms in total. The molecule has 3 N–H and O–H groups in total. The highest BCUT2D eigenvalue weighted by molar-refractivity contribution is 5.99. The molecule has 3 rings (SSSR count). The van der Waals surface area contributed by atoms with E-state index in [4.69, 9.17) is 18.9 Å². The van der Waals surface area contributed by atoms with Gasteiger partial charge >= 0.3 is 6.09 Å². The molecule has 184 valence electrons. The van der Waals surface area contributed by atoms with Crippen molar-refractivity contribution < 1.29 is 33.6 Å². The predicted octanol–water partition coefficient (Wildman–Crippen LogP) is 4.11. The number of methoxy groups -OCH3 is 3. The molecule has 0 spiro atoms. The third kappa shape index (κ3) is 7.04. The van der Waals surface area contributed by atoms with Gasteiger partial charge in [-0.05, 0) is 23.3 Å². The highest BCUT2D eigenvalue weighted by atomic mass is 16.5. The number of amides is 2. The van der Waals surface area contributed by atoms with E-state index >= 15 is 0 Å². The van der Waals surface area contributed by atoms with E-state index in [9.17, 15) is 14.7 Å². The molecule has 0 aliphatic heterocycles. The van der Waals surface area contributed by atoms with Gasteiger partial charge < -0.3 is 34.7 Å². The van der Waals surface area contributed by atoms with E-state index < -0.39 is 18.0 Å². The Balaban J connectivity index is 1.72. The molecule has 0 saturated carbocycles. The maximum atomic E-state index is 13.1. The molecule has 0 aromatic heterocycles. The number of rotatable bonds is 11. The predicted molar refractivity (Wildman–Crippen MR) is 131 cm³/mol. The Kier molecular flexibility index (Phi) is 8.77. The van der Waals surface area contributed by atoms with Crippen molar-refractivity contribution in [3.63, 3.8) is 0 Å². The molecule has 35 heavy (non-hydrogen) atoms. The van der Waals surface area contributed by atoms with Gasteiger partial charge in [0.1, 0.15) is 41.3 Å². The molecule has 0 aliphatic rings. The Morgan fingerprint density at radius 3 is 2.00 bits per heavy atom. The maximum Gasteiger partial charge on any atom is 0.405 e. The zero-order valence-corrected chi connectivity index (χ0v) is 19.7. The lowest BCUT2D eigenvalue weighted by Crippen LogP contribution is -2.44. The number of hydrogen-bond donors (Lipinski definition) is 3. The van der Waals surface area contributed by atoms with Gasteiger partial charge in [-0.1, -0.05) is 42.5 Å². The molecule has 0 bridgehead atoms. The van der Waals surface area contributed by atoms with Crippen LogP contribution in [-0.4, -0.2) is 44.5 Å². The Morgan fingerprint density at radius 1 is 0.829 bits per heavy atom. The van der Waals surface area contributed by atoms with E-state index in [2.05, 4.69) is 10.6 Å². The number of carbonyl (C=O) groups is 2. The lowest BCUT2D eigenvalue weighted by atomic mass is 10.0. The van der Waals surface area contributed by atoms with Gasteiger partial charge in [0.15, 0.2) is 0 Å². The first-order valence-corrected chi connectivity index (χ1v) is 10.8. The number of carbonyl (C=O) groups excluding carboxylic acids is 1. The molecule has 0 unspecified atom stereocenters. The third-order valence-electron chi connectivity index (χ3n) is 5.19. The summed E-state index contributed by atoms with van der Waals surface area (Å²) < 4.78 is 21.7. The number of hydrogen-bond acceptors (Lipinski definition) is 6. The van der Waals surface area contributed by atoms with Gasteiger partial charge in [0.05, 0.1) is 21.3 Å². The number of ether oxygens (including phenoxy) is 4. The third-order valence-corrected chi connectivity index (χ3v) is 5.19. The first-order valence-electron chi connectivity index (χ1n) is 10.8. The van der Waals surface area contributed by atoms with Crippen LogP contribution in [0.15, 0.2) is 66.7 Å². The van der Waals surface area contributed by atoms with Gasteiger partial charge in [0, 0.05) is 18.6 Å². The van der Waals surface area contributed by atoms with E-state index in [-0.39, 0.29) is 12.1 Å². The Labute approximate surface area is 203 Å². The summed E-state index contributed by atoms with van der Waals surface area (Å²) in [7, 11) is 4.38. The van der Waals surface area contributed by atoms with Crippen molar-refractivity contribution in [3.8, 4) is 23.0 Å². The summed E-state index contributed by atoms with van der Waals surface area (Å²) >= 11 is 0. The van der Waals surface area contributed by atoms with Crippen molar-refractivity contribution in [2.24, 2.45) is 0 Å². The standard InChI is InChI=1S/C26H28N2O7/c1-32-20-14-22(33-2)24(23(15-20)34-3)28-25(29)21(27-26(30)31)13-17-9-11-19(12-10-17)35-16-18-7-5-4-6-8-18/h4-12,14-15,21,27H,13,16H2,1-3H3,(H,28,29)(H,30,31)/t21-/m0/s1. The lowest BCUT2D eigenvalue weighted by molar-refractivity contribution is -0.118. The SMILES string of the molecule is COc1cc(OC)c(NC(=O)[C@H](Cc2ccc(OCc3ccccc3)cc2)NC(=O)O)c(OC)c1. The minimum absolute atomic E-state index is 0.123. The van der Waals surface area contributed by atoms with E-state index in [1.54, 1.807) is 36.4 Å². The Morgan fingerprint density at radius 2 is 1.46 bits per heavy atom. The molecule has 9 heteroatoms. The molecule has 3 aromatic rings. The zero-order valence-electron chi connectivity index (χ0n) is 19.7.